The van der Waals surface area contributed by atoms with Crippen LogP contribution < -0.4 is 10.1 Å². The first kappa shape index (κ1) is 26.5. The molecule has 2 amide bonds. The zero-order valence-electron chi connectivity index (χ0n) is 20.8. The molecule has 0 radical (unpaired) electrons. The third-order valence-corrected chi connectivity index (χ3v) is 6.89. The minimum atomic E-state index is -3.13. The van der Waals surface area contributed by atoms with Gasteiger partial charge in [-0.2, -0.15) is 8.78 Å². The van der Waals surface area contributed by atoms with E-state index in [4.69, 9.17) is 4.74 Å². The fraction of sp³-hybridized carbons (Fsp3) is 0.462. The summed E-state index contributed by atoms with van der Waals surface area (Å²) in [7, 11) is 0. The first-order valence-electron chi connectivity index (χ1n) is 11.9. The Kier molecular flexibility index (Phi) is 7.18. The SMILES string of the molecule is Cc1ccc(NC(=O)C2(c3ccccc3C(C)C)CN(C(=O)C3(CC(=O)O)COC3)C2)c(OC(F)F)n1. The molecule has 4 rings (SSSR count). The molecule has 1 aromatic heterocycles. The fourth-order valence-electron chi connectivity index (χ4n) is 4.94. The second-order valence-corrected chi connectivity index (χ2v) is 9.97. The van der Waals surface area contributed by atoms with Crippen LogP contribution in [0.5, 0.6) is 5.88 Å². The predicted molar refractivity (Wildman–Crippen MR) is 129 cm³/mol. The average Bonchev–Trinajstić information content (AvgIpc) is 2.77. The van der Waals surface area contributed by atoms with Gasteiger partial charge >= 0.3 is 12.6 Å². The van der Waals surface area contributed by atoms with Crippen molar-refractivity contribution in [1.82, 2.24) is 9.88 Å². The molecule has 2 N–H and O–H groups in total. The van der Waals surface area contributed by atoms with Gasteiger partial charge in [0.1, 0.15) is 16.5 Å². The molecule has 0 spiro atoms. The molecule has 2 aliphatic rings. The number of likely N-dealkylation sites (tertiary alicyclic amines) is 1. The number of nitrogens with zero attached hydrogens (tertiary/aromatic N) is 2. The van der Waals surface area contributed by atoms with Gasteiger partial charge in [0.05, 0.1) is 19.6 Å². The average molecular weight is 518 g/mol. The third kappa shape index (κ3) is 5.00. The second-order valence-electron chi connectivity index (χ2n) is 9.97. The summed E-state index contributed by atoms with van der Waals surface area (Å²) in [6.45, 7) is 2.43. The number of benzene rings is 1. The van der Waals surface area contributed by atoms with Gasteiger partial charge in [-0.1, -0.05) is 38.1 Å². The van der Waals surface area contributed by atoms with Gasteiger partial charge in [0, 0.05) is 18.8 Å². The summed E-state index contributed by atoms with van der Waals surface area (Å²) in [5.41, 5.74) is -0.329. The number of hydrogen-bond acceptors (Lipinski definition) is 6. The Labute approximate surface area is 212 Å². The van der Waals surface area contributed by atoms with E-state index in [0.29, 0.717) is 11.3 Å². The number of alkyl halides is 2. The Balaban J connectivity index is 1.68. The van der Waals surface area contributed by atoms with E-state index in [1.54, 1.807) is 19.1 Å². The molecule has 0 aliphatic carbocycles. The van der Waals surface area contributed by atoms with Gasteiger partial charge in [-0.25, -0.2) is 4.98 Å². The fourth-order valence-corrected chi connectivity index (χ4v) is 4.94. The van der Waals surface area contributed by atoms with Crippen LogP contribution >= 0.6 is 0 Å². The molecule has 0 unspecified atom stereocenters. The topological polar surface area (TPSA) is 118 Å². The number of rotatable bonds is 9. The van der Waals surface area contributed by atoms with Crippen molar-refractivity contribution < 1.29 is 37.7 Å². The largest absolute Gasteiger partial charge is 0.481 e. The molecule has 0 atom stereocenters. The molecule has 2 aromatic rings. The molecule has 3 heterocycles. The summed E-state index contributed by atoms with van der Waals surface area (Å²) < 4.78 is 35.7. The summed E-state index contributed by atoms with van der Waals surface area (Å²) in [5.74, 6) is -2.35. The van der Waals surface area contributed by atoms with E-state index in [2.05, 4.69) is 15.0 Å². The number of anilines is 1. The number of hydrogen-bond donors (Lipinski definition) is 2. The van der Waals surface area contributed by atoms with E-state index in [9.17, 15) is 28.3 Å². The molecule has 2 saturated heterocycles. The standard InChI is InChI=1S/C26H29F2N3O6/c1-15(2)17-6-4-5-7-18(17)26(11-31(12-26)23(35)25(10-20(32)33)13-36-14-25)22(34)30-19-9-8-16(3)29-21(19)37-24(27)28/h4-9,15,24H,10-14H2,1-3H3,(H,30,34)(H,32,33). The number of aryl methyl sites for hydroxylation is 1. The van der Waals surface area contributed by atoms with Crippen LogP contribution in [0.1, 0.15) is 43.0 Å². The van der Waals surface area contributed by atoms with Gasteiger partial charge in [-0.15, -0.1) is 0 Å². The van der Waals surface area contributed by atoms with Crippen molar-refractivity contribution >= 4 is 23.5 Å². The number of nitrogens with one attached hydrogen (secondary N) is 1. The van der Waals surface area contributed by atoms with Gasteiger partial charge in [-0.3, -0.25) is 14.4 Å². The lowest BCUT2D eigenvalue weighted by molar-refractivity contribution is -0.186. The van der Waals surface area contributed by atoms with Crippen molar-refractivity contribution in [3.63, 3.8) is 0 Å². The Morgan fingerprint density at radius 2 is 1.84 bits per heavy atom. The lowest BCUT2D eigenvalue weighted by Gasteiger charge is -2.53. The Morgan fingerprint density at radius 1 is 1.16 bits per heavy atom. The van der Waals surface area contributed by atoms with E-state index < -0.39 is 35.2 Å². The summed E-state index contributed by atoms with van der Waals surface area (Å²) in [6, 6.07) is 10.4. The number of aliphatic carboxylic acids is 1. The molecule has 2 fully saturated rings. The number of carbonyl (C=O) groups excluding carboxylic acids is 2. The van der Waals surface area contributed by atoms with Gasteiger partial charge < -0.3 is 24.8 Å². The smallest absolute Gasteiger partial charge is 0.388 e. The number of amides is 2. The zero-order valence-corrected chi connectivity index (χ0v) is 20.8. The Bertz CT molecular complexity index is 1210. The number of halogens is 2. The summed E-state index contributed by atoms with van der Waals surface area (Å²) in [4.78, 5) is 44.0. The second kappa shape index (κ2) is 10.0. The van der Waals surface area contributed by atoms with Crippen LogP contribution in [-0.4, -0.2) is 65.7 Å². The van der Waals surface area contributed by atoms with Crippen molar-refractivity contribution in [2.45, 2.75) is 45.1 Å². The molecule has 0 saturated carbocycles. The van der Waals surface area contributed by atoms with E-state index in [1.165, 1.54) is 11.0 Å². The minimum absolute atomic E-state index is 0.000224. The van der Waals surface area contributed by atoms with Gasteiger partial charge in [0.25, 0.3) is 0 Å². The van der Waals surface area contributed by atoms with Crippen LogP contribution in [0, 0.1) is 12.3 Å². The number of ether oxygens (including phenoxy) is 2. The summed E-state index contributed by atoms with van der Waals surface area (Å²) in [6.07, 6.45) is -0.368. The molecule has 2 aliphatic heterocycles. The molecular formula is C26H29F2N3O6. The van der Waals surface area contributed by atoms with Crippen LogP contribution in [-0.2, 0) is 24.5 Å². The van der Waals surface area contributed by atoms with Crippen LogP contribution in [0.4, 0.5) is 14.5 Å². The van der Waals surface area contributed by atoms with Crippen molar-refractivity contribution in [2.75, 3.05) is 31.6 Å². The maximum absolute atomic E-state index is 13.9. The van der Waals surface area contributed by atoms with Crippen molar-refractivity contribution in [1.29, 1.82) is 0 Å². The molecular weight excluding hydrogens is 488 g/mol. The lowest BCUT2D eigenvalue weighted by atomic mass is 9.68. The maximum Gasteiger partial charge on any atom is 0.388 e. The van der Waals surface area contributed by atoms with E-state index in [0.717, 1.165) is 5.56 Å². The first-order chi connectivity index (χ1) is 17.5. The van der Waals surface area contributed by atoms with E-state index in [-0.39, 0.29) is 50.2 Å². The quantitative estimate of drug-likeness (QED) is 0.524. The zero-order chi connectivity index (χ0) is 27.0. The van der Waals surface area contributed by atoms with Crippen LogP contribution in [0.25, 0.3) is 0 Å². The Morgan fingerprint density at radius 3 is 2.41 bits per heavy atom. The van der Waals surface area contributed by atoms with Crippen molar-refractivity contribution in [3.8, 4) is 5.88 Å². The number of carbonyl (C=O) groups is 3. The number of pyridine rings is 1. The summed E-state index contributed by atoms with van der Waals surface area (Å²) in [5, 5.41) is 12.0. The highest BCUT2D eigenvalue weighted by Gasteiger charge is 2.58. The number of carboxylic acids is 1. The lowest BCUT2D eigenvalue weighted by Crippen LogP contribution is -2.70. The molecule has 11 heteroatoms. The molecule has 198 valence electrons. The maximum atomic E-state index is 13.9. The third-order valence-electron chi connectivity index (χ3n) is 6.89. The normalized spacial score (nSPS) is 17.6. The van der Waals surface area contributed by atoms with Crippen LogP contribution in [0.15, 0.2) is 36.4 Å². The molecule has 1 aromatic carbocycles. The van der Waals surface area contributed by atoms with Gasteiger partial charge in [0.15, 0.2) is 0 Å². The van der Waals surface area contributed by atoms with Crippen LogP contribution in [0.2, 0.25) is 0 Å². The highest BCUT2D eigenvalue weighted by Crippen LogP contribution is 2.44. The van der Waals surface area contributed by atoms with E-state index >= 15 is 0 Å². The highest BCUT2D eigenvalue weighted by atomic mass is 19.3. The predicted octanol–water partition coefficient (Wildman–Crippen LogP) is 3.32. The molecule has 0 bridgehead atoms. The van der Waals surface area contributed by atoms with E-state index in [1.807, 2.05) is 32.0 Å². The first-order valence-corrected chi connectivity index (χ1v) is 11.9. The van der Waals surface area contributed by atoms with Crippen LogP contribution in [0.3, 0.4) is 0 Å². The summed E-state index contributed by atoms with van der Waals surface area (Å²) >= 11 is 0. The minimum Gasteiger partial charge on any atom is -0.481 e. The monoisotopic (exact) mass is 517 g/mol. The van der Waals surface area contributed by atoms with Gasteiger partial charge in [0.2, 0.25) is 17.7 Å². The molecule has 9 nitrogen and oxygen atoms in total. The molecule has 37 heavy (non-hydrogen) atoms. The van der Waals surface area contributed by atoms with Crippen molar-refractivity contribution in [2.24, 2.45) is 5.41 Å². The number of aromatic nitrogens is 1. The van der Waals surface area contributed by atoms with Gasteiger partial charge in [-0.05, 0) is 36.1 Å². The Hall–Kier alpha value is -3.60. The number of carboxylic acid groups (broad SMARTS) is 1. The highest BCUT2D eigenvalue weighted by molar-refractivity contribution is 6.03. The van der Waals surface area contributed by atoms with Crippen molar-refractivity contribution in [3.05, 3.63) is 53.2 Å².